The predicted molar refractivity (Wildman–Crippen MR) is 80.4 cm³/mol. The smallest absolute Gasteiger partial charge is 0.321 e. The Balaban J connectivity index is 1.80. The van der Waals surface area contributed by atoms with Crippen molar-refractivity contribution in [1.82, 2.24) is 9.80 Å². The second kappa shape index (κ2) is 7.47. The van der Waals surface area contributed by atoms with Crippen LogP contribution in [0.25, 0.3) is 0 Å². The summed E-state index contributed by atoms with van der Waals surface area (Å²) in [5, 5.41) is 3.49. The van der Waals surface area contributed by atoms with Crippen LogP contribution in [0.1, 0.15) is 0 Å². The summed E-state index contributed by atoms with van der Waals surface area (Å²) < 4.78 is 5.06. The first-order valence-electron chi connectivity index (χ1n) is 6.72. The van der Waals surface area contributed by atoms with Gasteiger partial charge in [0.15, 0.2) is 0 Å². The maximum absolute atomic E-state index is 12.1. The van der Waals surface area contributed by atoms with Gasteiger partial charge in [0.25, 0.3) is 0 Å². The van der Waals surface area contributed by atoms with Crippen LogP contribution in [0.2, 0.25) is 5.02 Å². The highest BCUT2D eigenvalue weighted by Gasteiger charge is 2.20. The highest BCUT2D eigenvalue weighted by atomic mass is 35.5. The molecule has 0 aliphatic carbocycles. The van der Waals surface area contributed by atoms with E-state index in [1.165, 1.54) is 0 Å². The topological polar surface area (TPSA) is 44.8 Å². The normalized spacial score (nSPS) is 16.2. The maximum Gasteiger partial charge on any atom is 0.321 e. The van der Waals surface area contributed by atoms with Gasteiger partial charge in [0.2, 0.25) is 0 Å². The highest BCUT2D eigenvalue weighted by molar-refractivity contribution is 6.30. The molecule has 1 aliphatic rings. The molecule has 0 radical (unpaired) electrons. The summed E-state index contributed by atoms with van der Waals surface area (Å²) in [6, 6.07) is 7.11. The van der Waals surface area contributed by atoms with Crippen LogP contribution >= 0.6 is 11.6 Å². The molecule has 2 rings (SSSR count). The van der Waals surface area contributed by atoms with Gasteiger partial charge in [0, 0.05) is 50.5 Å². The van der Waals surface area contributed by atoms with Crippen LogP contribution in [-0.2, 0) is 4.74 Å². The number of hydrogen-bond donors (Lipinski definition) is 1. The van der Waals surface area contributed by atoms with Crippen molar-refractivity contribution < 1.29 is 9.53 Å². The number of ether oxygens (including phenoxy) is 1. The number of nitrogens with one attached hydrogen (secondary N) is 1. The summed E-state index contributed by atoms with van der Waals surface area (Å²) in [7, 11) is 1.70. The van der Waals surface area contributed by atoms with Gasteiger partial charge in [-0.25, -0.2) is 4.79 Å². The average molecular weight is 298 g/mol. The number of halogens is 1. The zero-order chi connectivity index (χ0) is 14.4. The van der Waals surface area contributed by atoms with Crippen molar-refractivity contribution in [2.75, 3.05) is 51.8 Å². The molecule has 1 fully saturated rings. The van der Waals surface area contributed by atoms with E-state index in [1.807, 2.05) is 17.0 Å². The summed E-state index contributed by atoms with van der Waals surface area (Å²) in [5.41, 5.74) is 0.726. The first-order chi connectivity index (χ1) is 9.69. The lowest BCUT2D eigenvalue weighted by molar-refractivity contribution is 0.109. The number of hydrogen-bond acceptors (Lipinski definition) is 3. The van der Waals surface area contributed by atoms with E-state index in [0.29, 0.717) is 5.02 Å². The molecule has 1 aromatic carbocycles. The van der Waals surface area contributed by atoms with Crippen LogP contribution in [0.3, 0.4) is 0 Å². The van der Waals surface area contributed by atoms with Crippen molar-refractivity contribution in [3.8, 4) is 0 Å². The molecule has 2 amide bonds. The lowest BCUT2D eigenvalue weighted by atomic mass is 10.3. The summed E-state index contributed by atoms with van der Waals surface area (Å²) in [6.45, 7) is 4.87. The van der Waals surface area contributed by atoms with Gasteiger partial charge in [-0.2, -0.15) is 0 Å². The molecule has 1 saturated heterocycles. The molecule has 0 spiro atoms. The lowest BCUT2D eigenvalue weighted by Gasteiger charge is -2.34. The Morgan fingerprint density at radius 1 is 1.35 bits per heavy atom. The number of nitrogens with zero attached hydrogens (tertiary/aromatic N) is 2. The molecule has 1 aromatic rings. The third-order valence-electron chi connectivity index (χ3n) is 3.35. The largest absolute Gasteiger partial charge is 0.383 e. The minimum Gasteiger partial charge on any atom is -0.383 e. The van der Waals surface area contributed by atoms with E-state index in [4.69, 9.17) is 16.3 Å². The minimum absolute atomic E-state index is 0.0707. The van der Waals surface area contributed by atoms with E-state index in [9.17, 15) is 4.79 Å². The van der Waals surface area contributed by atoms with Gasteiger partial charge in [0.05, 0.1) is 6.61 Å². The molecule has 1 aliphatic heterocycles. The van der Waals surface area contributed by atoms with Crippen LogP contribution in [0.5, 0.6) is 0 Å². The summed E-state index contributed by atoms with van der Waals surface area (Å²) in [5.74, 6) is 0. The molecule has 6 heteroatoms. The molecule has 20 heavy (non-hydrogen) atoms. The quantitative estimate of drug-likeness (QED) is 0.926. The van der Waals surface area contributed by atoms with E-state index < -0.39 is 0 Å². The monoisotopic (exact) mass is 297 g/mol. The summed E-state index contributed by atoms with van der Waals surface area (Å²) in [6.07, 6.45) is 0. The van der Waals surface area contributed by atoms with Crippen molar-refractivity contribution in [1.29, 1.82) is 0 Å². The Morgan fingerprint density at radius 3 is 2.75 bits per heavy atom. The minimum atomic E-state index is -0.0707. The van der Waals surface area contributed by atoms with Gasteiger partial charge in [-0.15, -0.1) is 0 Å². The molecule has 0 aromatic heterocycles. The first kappa shape index (κ1) is 15.1. The number of methoxy groups -OCH3 is 1. The van der Waals surface area contributed by atoms with Gasteiger partial charge in [0.1, 0.15) is 0 Å². The lowest BCUT2D eigenvalue weighted by Crippen LogP contribution is -2.50. The van der Waals surface area contributed by atoms with Crippen molar-refractivity contribution >= 4 is 23.3 Å². The van der Waals surface area contributed by atoms with Crippen molar-refractivity contribution in [2.45, 2.75) is 0 Å². The van der Waals surface area contributed by atoms with Crippen LogP contribution < -0.4 is 5.32 Å². The molecule has 0 atom stereocenters. The zero-order valence-corrected chi connectivity index (χ0v) is 12.4. The van der Waals surface area contributed by atoms with Gasteiger partial charge in [-0.3, -0.25) is 4.90 Å². The van der Waals surface area contributed by atoms with E-state index in [-0.39, 0.29) is 6.03 Å². The number of carbonyl (C=O) groups is 1. The second-order valence-electron chi connectivity index (χ2n) is 4.76. The molecule has 0 unspecified atom stereocenters. The van der Waals surface area contributed by atoms with Crippen molar-refractivity contribution in [3.05, 3.63) is 29.3 Å². The number of benzene rings is 1. The molecule has 5 nitrogen and oxygen atoms in total. The van der Waals surface area contributed by atoms with Crippen molar-refractivity contribution in [2.24, 2.45) is 0 Å². The first-order valence-corrected chi connectivity index (χ1v) is 7.09. The number of piperazine rings is 1. The van der Waals surface area contributed by atoms with Crippen LogP contribution in [0.15, 0.2) is 24.3 Å². The number of carbonyl (C=O) groups excluding carboxylic acids is 1. The second-order valence-corrected chi connectivity index (χ2v) is 5.20. The predicted octanol–water partition coefficient (Wildman–Crippen LogP) is 2.14. The third kappa shape index (κ3) is 4.37. The summed E-state index contributed by atoms with van der Waals surface area (Å²) in [4.78, 5) is 16.2. The molecule has 1 heterocycles. The van der Waals surface area contributed by atoms with Crippen LogP contribution in [-0.4, -0.2) is 62.3 Å². The highest BCUT2D eigenvalue weighted by Crippen LogP contribution is 2.15. The van der Waals surface area contributed by atoms with Gasteiger partial charge in [-0.1, -0.05) is 17.7 Å². The molecule has 0 saturated carbocycles. The fourth-order valence-electron chi connectivity index (χ4n) is 2.16. The number of amides is 2. The molecule has 1 N–H and O–H groups in total. The van der Waals surface area contributed by atoms with E-state index in [0.717, 1.165) is 45.0 Å². The van der Waals surface area contributed by atoms with Crippen LogP contribution in [0, 0.1) is 0 Å². The van der Waals surface area contributed by atoms with E-state index in [2.05, 4.69) is 10.2 Å². The number of urea groups is 1. The molecular formula is C14H20ClN3O2. The van der Waals surface area contributed by atoms with Crippen molar-refractivity contribution in [3.63, 3.8) is 0 Å². The third-order valence-corrected chi connectivity index (χ3v) is 3.58. The SMILES string of the molecule is COCCN1CCN(C(=O)Nc2cccc(Cl)c2)CC1. The zero-order valence-electron chi connectivity index (χ0n) is 11.6. The van der Waals surface area contributed by atoms with Gasteiger partial charge < -0.3 is 15.0 Å². The number of rotatable bonds is 4. The Bertz CT molecular complexity index is 448. The number of anilines is 1. The standard InChI is InChI=1S/C14H20ClN3O2/c1-20-10-9-17-5-7-18(8-6-17)14(19)16-13-4-2-3-12(15)11-13/h2-4,11H,5-10H2,1H3,(H,16,19). The van der Waals surface area contributed by atoms with Crippen LogP contribution in [0.4, 0.5) is 10.5 Å². The van der Waals surface area contributed by atoms with E-state index >= 15 is 0 Å². The van der Waals surface area contributed by atoms with E-state index in [1.54, 1.807) is 19.2 Å². The maximum atomic E-state index is 12.1. The summed E-state index contributed by atoms with van der Waals surface area (Å²) >= 11 is 5.90. The Hall–Kier alpha value is -1.30. The molecule has 0 bridgehead atoms. The van der Waals surface area contributed by atoms with Gasteiger partial charge >= 0.3 is 6.03 Å². The van der Waals surface area contributed by atoms with Gasteiger partial charge in [-0.05, 0) is 18.2 Å². The fourth-order valence-corrected chi connectivity index (χ4v) is 2.35. The molecular weight excluding hydrogens is 278 g/mol. The fraction of sp³-hybridized carbons (Fsp3) is 0.500. The average Bonchev–Trinajstić information content (AvgIpc) is 2.45. The Kier molecular flexibility index (Phi) is 5.64. The Morgan fingerprint density at radius 2 is 2.10 bits per heavy atom. The molecule has 110 valence electrons. The Labute approximate surface area is 124 Å².